The highest BCUT2D eigenvalue weighted by Gasteiger charge is 2.20. The van der Waals surface area contributed by atoms with Crippen LogP contribution in [0, 0.1) is 0 Å². The zero-order chi connectivity index (χ0) is 24.7. The van der Waals surface area contributed by atoms with Gasteiger partial charge in [-0.2, -0.15) is 11.8 Å². The van der Waals surface area contributed by atoms with Crippen LogP contribution in [0.15, 0.2) is 42.5 Å². The molecule has 0 atom stereocenters. The molecule has 2 aromatic carbocycles. The molecule has 0 fully saturated rings. The van der Waals surface area contributed by atoms with Gasteiger partial charge in [-0.1, -0.05) is 82.9 Å². The molecule has 0 heterocycles. The van der Waals surface area contributed by atoms with Crippen LogP contribution in [0.25, 0.3) is 11.1 Å². The van der Waals surface area contributed by atoms with Crippen LogP contribution in [0.4, 0.5) is 0 Å². The Labute approximate surface area is 218 Å². The summed E-state index contributed by atoms with van der Waals surface area (Å²) in [5.74, 6) is 3.39. The molecule has 2 N–H and O–H groups in total. The van der Waals surface area contributed by atoms with Crippen molar-refractivity contribution in [2.45, 2.75) is 103 Å². The van der Waals surface area contributed by atoms with Crippen molar-refractivity contribution in [1.82, 2.24) is 0 Å². The van der Waals surface area contributed by atoms with Crippen LogP contribution >= 0.6 is 11.8 Å². The lowest BCUT2D eigenvalue weighted by Gasteiger charge is -2.24. The average molecular weight is 495 g/mol. The first-order chi connectivity index (χ1) is 17.2. The third-order valence-electron chi connectivity index (χ3n) is 7.25. The molecule has 1 aliphatic carbocycles. The lowest BCUT2D eigenvalue weighted by molar-refractivity contribution is 0.474. The summed E-state index contributed by atoms with van der Waals surface area (Å²) in [6, 6.07) is 13.5. The van der Waals surface area contributed by atoms with E-state index in [2.05, 4.69) is 24.8 Å². The number of aromatic hydroxyl groups is 2. The molecular formula is C32H46O2S. The molecular weight excluding hydrogens is 448 g/mol. The normalized spacial score (nSPS) is 13.3. The molecule has 3 rings (SSSR count). The molecule has 0 saturated carbocycles. The van der Waals surface area contributed by atoms with Crippen molar-refractivity contribution < 1.29 is 10.2 Å². The summed E-state index contributed by atoms with van der Waals surface area (Å²) in [6.45, 7) is 2.28. The maximum Gasteiger partial charge on any atom is 0.115 e. The average Bonchev–Trinajstić information content (AvgIpc) is 2.86. The van der Waals surface area contributed by atoms with Crippen molar-refractivity contribution in [3.8, 4) is 11.5 Å². The summed E-state index contributed by atoms with van der Waals surface area (Å²) in [5, 5.41) is 19.7. The Bertz CT molecular complexity index is 900. The molecule has 192 valence electrons. The number of allylic oxidation sites excluding steroid dienone is 2. The summed E-state index contributed by atoms with van der Waals surface area (Å²) in [7, 11) is 0. The maximum atomic E-state index is 9.96. The van der Waals surface area contributed by atoms with Crippen LogP contribution in [-0.2, 0) is 6.42 Å². The number of hydrogen-bond acceptors (Lipinski definition) is 3. The van der Waals surface area contributed by atoms with Gasteiger partial charge in [0.2, 0.25) is 0 Å². The minimum Gasteiger partial charge on any atom is -0.508 e. The summed E-state index contributed by atoms with van der Waals surface area (Å²) in [5.41, 5.74) is 6.63. The molecule has 0 aliphatic heterocycles. The molecule has 0 saturated heterocycles. The smallest absolute Gasteiger partial charge is 0.115 e. The van der Waals surface area contributed by atoms with E-state index < -0.39 is 0 Å². The Morgan fingerprint density at radius 3 is 1.94 bits per heavy atom. The third-order valence-corrected chi connectivity index (χ3v) is 8.40. The Morgan fingerprint density at radius 2 is 1.26 bits per heavy atom. The van der Waals surface area contributed by atoms with E-state index in [1.807, 2.05) is 24.3 Å². The number of fused-ring (bicyclic) bond motifs is 1. The topological polar surface area (TPSA) is 40.5 Å². The molecule has 0 aromatic heterocycles. The maximum absolute atomic E-state index is 9.96. The van der Waals surface area contributed by atoms with Crippen molar-refractivity contribution in [3.63, 3.8) is 0 Å². The highest BCUT2D eigenvalue weighted by Crippen LogP contribution is 2.41. The van der Waals surface area contributed by atoms with Gasteiger partial charge >= 0.3 is 0 Å². The Hall–Kier alpha value is -1.87. The van der Waals surface area contributed by atoms with Crippen LogP contribution in [0.1, 0.15) is 114 Å². The fourth-order valence-corrected chi connectivity index (χ4v) is 6.24. The van der Waals surface area contributed by atoms with Gasteiger partial charge in [0.15, 0.2) is 0 Å². The number of phenolic OH excluding ortho intramolecular Hbond substituents is 2. The van der Waals surface area contributed by atoms with Crippen LogP contribution < -0.4 is 0 Å². The van der Waals surface area contributed by atoms with Gasteiger partial charge in [-0.05, 0) is 102 Å². The second-order valence-corrected chi connectivity index (χ2v) is 11.3. The number of phenols is 2. The van der Waals surface area contributed by atoms with E-state index >= 15 is 0 Å². The predicted octanol–water partition coefficient (Wildman–Crippen LogP) is 9.78. The fraction of sp³-hybridized carbons (Fsp3) is 0.562. The van der Waals surface area contributed by atoms with Gasteiger partial charge in [-0.15, -0.1) is 0 Å². The number of benzene rings is 2. The van der Waals surface area contributed by atoms with Crippen LogP contribution in [0.3, 0.4) is 0 Å². The van der Waals surface area contributed by atoms with E-state index in [0.29, 0.717) is 11.5 Å². The molecule has 0 unspecified atom stereocenters. The highest BCUT2D eigenvalue weighted by molar-refractivity contribution is 7.99. The van der Waals surface area contributed by atoms with E-state index in [9.17, 15) is 10.2 Å². The summed E-state index contributed by atoms with van der Waals surface area (Å²) in [6.07, 6.45) is 19.3. The number of aryl methyl sites for hydroxylation is 1. The lowest BCUT2D eigenvalue weighted by Crippen LogP contribution is -2.05. The van der Waals surface area contributed by atoms with E-state index in [0.717, 1.165) is 19.3 Å². The van der Waals surface area contributed by atoms with E-state index in [4.69, 9.17) is 0 Å². The fourth-order valence-electron chi connectivity index (χ4n) is 5.22. The third kappa shape index (κ3) is 9.60. The first-order valence-corrected chi connectivity index (χ1v) is 15.3. The molecule has 0 amide bonds. The number of rotatable bonds is 17. The first kappa shape index (κ1) is 27.7. The van der Waals surface area contributed by atoms with Crippen molar-refractivity contribution in [1.29, 1.82) is 0 Å². The van der Waals surface area contributed by atoms with Gasteiger partial charge in [0.1, 0.15) is 11.5 Å². The Morgan fingerprint density at radius 1 is 0.657 bits per heavy atom. The molecule has 2 nitrogen and oxygen atoms in total. The molecule has 0 radical (unpaired) electrons. The van der Waals surface area contributed by atoms with Crippen LogP contribution in [-0.4, -0.2) is 21.7 Å². The van der Waals surface area contributed by atoms with Gasteiger partial charge in [0.25, 0.3) is 0 Å². The second kappa shape index (κ2) is 16.0. The first-order valence-electron chi connectivity index (χ1n) is 14.1. The largest absolute Gasteiger partial charge is 0.508 e. The molecule has 1 aliphatic rings. The van der Waals surface area contributed by atoms with Crippen molar-refractivity contribution in [3.05, 3.63) is 59.2 Å². The van der Waals surface area contributed by atoms with E-state index in [1.54, 1.807) is 12.1 Å². The monoisotopic (exact) mass is 494 g/mol. The molecule has 35 heavy (non-hydrogen) atoms. The predicted molar refractivity (Wildman–Crippen MR) is 154 cm³/mol. The standard InChI is InChI=1S/C32H46O2S/c1-2-3-4-12-23-35-24-13-10-8-6-5-7-9-11-14-32-30(26-15-18-28(33)19-16-26)21-17-27-25-29(34)20-22-31(27)32/h15-16,18-20,22,25,33-34H,2-14,17,21,23-24H2,1H3. The second-order valence-electron chi connectivity index (χ2n) is 10.1. The number of hydrogen-bond donors (Lipinski definition) is 2. The highest BCUT2D eigenvalue weighted by atomic mass is 32.2. The minimum atomic E-state index is 0.318. The van der Waals surface area contributed by atoms with Gasteiger partial charge in [0, 0.05) is 0 Å². The summed E-state index contributed by atoms with van der Waals surface area (Å²) in [4.78, 5) is 0. The molecule has 0 bridgehead atoms. The minimum absolute atomic E-state index is 0.318. The zero-order valence-corrected chi connectivity index (χ0v) is 22.7. The van der Waals surface area contributed by atoms with Gasteiger partial charge in [-0.3, -0.25) is 0 Å². The van der Waals surface area contributed by atoms with E-state index in [1.165, 1.54) is 116 Å². The quantitative estimate of drug-likeness (QED) is 0.215. The Kier molecular flexibility index (Phi) is 12.7. The van der Waals surface area contributed by atoms with Crippen molar-refractivity contribution in [2.24, 2.45) is 0 Å². The number of thioether (sulfide) groups is 1. The van der Waals surface area contributed by atoms with E-state index in [-0.39, 0.29) is 0 Å². The zero-order valence-electron chi connectivity index (χ0n) is 21.9. The molecule has 0 spiro atoms. The lowest BCUT2D eigenvalue weighted by atomic mass is 9.80. The SMILES string of the molecule is CCCCCCSCCCCCCCCCCC1=C(c2ccc(O)cc2)CCc2cc(O)ccc21. The Balaban J connectivity index is 1.37. The summed E-state index contributed by atoms with van der Waals surface area (Å²) < 4.78 is 0. The van der Waals surface area contributed by atoms with Crippen LogP contribution in [0.2, 0.25) is 0 Å². The molecule has 2 aromatic rings. The molecule has 3 heteroatoms. The van der Waals surface area contributed by atoms with Gasteiger partial charge in [0.05, 0.1) is 0 Å². The summed E-state index contributed by atoms with van der Waals surface area (Å²) >= 11 is 2.16. The van der Waals surface area contributed by atoms with Crippen molar-refractivity contribution in [2.75, 3.05) is 11.5 Å². The van der Waals surface area contributed by atoms with Crippen molar-refractivity contribution >= 4 is 22.9 Å². The number of unbranched alkanes of at least 4 members (excludes halogenated alkanes) is 10. The van der Waals surface area contributed by atoms with Gasteiger partial charge in [-0.25, -0.2) is 0 Å². The van der Waals surface area contributed by atoms with Gasteiger partial charge < -0.3 is 10.2 Å². The van der Waals surface area contributed by atoms with Crippen LogP contribution in [0.5, 0.6) is 11.5 Å².